The first-order chi connectivity index (χ1) is 15.0. The number of benzene rings is 2. The van der Waals surface area contributed by atoms with Gasteiger partial charge in [0.15, 0.2) is 5.69 Å². The van der Waals surface area contributed by atoms with Crippen LogP contribution in [0.15, 0.2) is 48.5 Å². The molecule has 2 aromatic carbocycles. The molecule has 0 bridgehead atoms. The molecule has 0 unspecified atom stereocenters. The lowest BCUT2D eigenvalue weighted by Crippen LogP contribution is -2.28. The van der Waals surface area contributed by atoms with Gasteiger partial charge in [0.25, 0.3) is 11.8 Å². The van der Waals surface area contributed by atoms with Crippen molar-refractivity contribution < 1.29 is 19.4 Å². The highest BCUT2D eigenvalue weighted by molar-refractivity contribution is 5.94. The van der Waals surface area contributed by atoms with Crippen molar-refractivity contribution in [1.29, 1.82) is 0 Å². The number of ether oxygens (including phenoxy) is 1. The third-order valence-electron chi connectivity index (χ3n) is 4.45. The lowest BCUT2D eigenvalue weighted by molar-refractivity contribution is 0.0934. The molecule has 0 saturated carbocycles. The molecule has 0 atom stereocenters. The van der Waals surface area contributed by atoms with Gasteiger partial charge < -0.3 is 20.5 Å². The average Bonchev–Trinajstić information content (AvgIpc) is 3.20. The number of carbonyl (C=O) groups excluding carboxylic acids is 2. The highest BCUT2D eigenvalue weighted by atomic mass is 16.5. The van der Waals surface area contributed by atoms with Gasteiger partial charge in [-0.3, -0.25) is 9.59 Å². The maximum Gasteiger partial charge on any atom is 0.274 e. The van der Waals surface area contributed by atoms with E-state index in [0.29, 0.717) is 29.2 Å². The number of nitrogens with zero attached hydrogens (tertiary/aromatic N) is 3. The Morgan fingerprint density at radius 1 is 1.10 bits per heavy atom. The molecule has 162 valence electrons. The van der Waals surface area contributed by atoms with E-state index in [2.05, 4.69) is 20.9 Å². The van der Waals surface area contributed by atoms with E-state index in [9.17, 15) is 9.59 Å². The molecule has 1 aromatic heterocycles. The van der Waals surface area contributed by atoms with Gasteiger partial charge in [0.1, 0.15) is 18.1 Å². The van der Waals surface area contributed by atoms with E-state index in [1.54, 1.807) is 24.3 Å². The molecule has 0 aliphatic carbocycles. The van der Waals surface area contributed by atoms with E-state index in [1.807, 2.05) is 38.1 Å². The van der Waals surface area contributed by atoms with Crippen LogP contribution < -0.4 is 15.4 Å². The van der Waals surface area contributed by atoms with Gasteiger partial charge in [-0.05, 0) is 55.8 Å². The van der Waals surface area contributed by atoms with Crippen LogP contribution in [0.2, 0.25) is 0 Å². The van der Waals surface area contributed by atoms with E-state index in [0.717, 1.165) is 5.56 Å². The molecule has 2 amide bonds. The minimum Gasteiger partial charge on any atom is -0.487 e. The van der Waals surface area contributed by atoms with Crippen molar-refractivity contribution in [2.45, 2.75) is 20.5 Å². The smallest absolute Gasteiger partial charge is 0.274 e. The topological polar surface area (TPSA) is 118 Å². The van der Waals surface area contributed by atoms with Crippen molar-refractivity contribution in [3.8, 4) is 11.4 Å². The fourth-order valence-electron chi connectivity index (χ4n) is 2.94. The number of aliphatic hydroxyl groups excluding tert-OH is 1. The molecular weight excluding hydrogens is 398 g/mol. The second-order valence-electron chi connectivity index (χ2n) is 6.79. The number of hydrogen-bond acceptors (Lipinski definition) is 6. The first kappa shape index (κ1) is 22.0. The van der Waals surface area contributed by atoms with E-state index in [-0.39, 0.29) is 31.4 Å². The van der Waals surface area contributed by atoms with Crippen molar-refractivity contribution in [2.24, 2.45) is 0 Å². The van der Waals surface area contributed by atoms with Crippen LogP contribution in [0.5, 0.6) is 5.75 Å². The normalized spacial score (nSPS) is 10.5. The van der Waals surface area contributed by atoms with Crippen molar-refractivity contribution in [3.05, 3.63) is 71.0 Å². The highest BCUT2D eigenvalue weighted by Gasteiger charge is 2.21. The first-order valence-electron chi connectivity index (χ1n) is 9.95. The Hall–Kier alpha value is -3.72. The number of hydrogen-bond donors (Lipinski definition) is 3. The maximum absolute atomic E-state index is 12.5. The fourth-order valence-corrected chi connectivity index (χ4v) is 2.94. The molecule has 3 rings (SSSR count). The number of amides is 2. The van der Waals surface area contributed by atoms with Crippen LogP contribution in [0.1, 0.15) is 39.0 Å². The summed E-state index contributed by atoms with van der Waals surface area (Å²) in [4.78, 5) is 24.5. The van der Waals surface area contributed by atoms with Crippen LogP contribution >= 0.6 is 0 Å². The molecule has 3 aromatic rings. The zero-order valence-electron chi connectivity index (χ0n) is 17.5. The van der Waals surface area contributed by atoms with Crippen LogP contribution in [-0.2, 0) is 6.61 Å². The number of aliphatic hydroxyl groups is 1. The lowest BCUT2D eigenvalue weighted by Gasteiger charge is -2.11. The summed E-state index contributed by atoms with van der Waals surface area (Å²) in [6.07, 6.45) is 0. The number of rotatable bonds is 9. The lowest BCUT2D eigenvalue weighted by atomic mass is 10.2. The SMILES string of the molecule is CCNC(=O)c1ccc(-n2nnc(C(=O)NCCO)c2COc2cccc(C)c2)cc1. The van der Waals surface area contributed by atoms with Crippen molar-refractivity contribution >= 4 is 11.8 Å². The van der Waals surface area contributed by atoms with Crippen LogP contribution in [-0.4, -0.2) is 51.6 Å². The monoisotopic (exact) mass is 423 g/mol. The summed E-state index contributed by atoms with van der Waals surface area (Å²) in [6.45, 7) is 4.32. The van der Waals surface area contributed by atoms with Crippen molar-refractivity contribution in [3.63, 3.8) is 0 Å². The first-order valence-corrected chi connectivity index (χ1v) is 9.95. The van der Waals surface area contributed by atoms with Crippen LogP contribution in [0.4, 0.5) is 0 Å². The Labute approximate surface area is 180 Å². The molecule has 0 spiro atoms. The zero-order valence-corrected chi connectivity index (χ0v) is 17.5. The molecule has 31 heavy (non-hydrogen) atoms. The number of aryl methyl sites for hydroxylation is 1. The number of aromatic nitrogens is 3. The summed E-state index contributed by atoms with van der Waals surface area (Å²) in [5.74, 6) is 0.0304. The Bertz CT molecular complexity index is 1050. The van der Waals surface area contributed by atoms with E-state index in [1.165, 1.54) is 4.68 Å². The van der Waals surface area contributed by atoms with Crippen LogP contribution in [0, 0.1) is 6.92 Å². The van der Waals surface area contributed by atoms with Gasteiger partial charge in [-0.15, -0.1) is 5.10 Å². The highest BCUT2D eigenvalue weighted by Crippen LogP contribution is 2.19. The summed E-state index contributed by atoms with van der Waals surface area (Å²) in [7, 11) is 0. The molecule has 0 aliphatic heterocycles. The Kier molecular flexibility index (Phi) is 7.34. The zero-order chi connectivity index (χ0) is 22.2. The van der Waals surface area contributed by atoms with Gasteiger partial charge in [0.2, 0.25) is 0 Å². The molecule has 0 fully saturated rings. The number of carbonyl (C=O) groups is 2. The maximum atomic E-state index is 12.5. The van der Waals surface area contributed by atoms with Crippen molar-refractivity contribution in [2.75, 3.05) is 19.7 Å². The minimum absolute atomic E-state index is 0.0520. The summed E-state index contributed by atoms with van der Waals surface area (Å²) in [6, 6.07) is 14.4. The van der Waals surface area contributed by atoms with Crippen LogP contribution in [0.25, 0.3) is 5.69 Å². The molecule has 0 aliphatic rings. The van der Waals surface area contributed by atoms with Gasteiger partial charge in [-0.2, -0.15) is 0 Å². The van der Waals surface area contributed by atoms with Crippen molar-refractivity contribution in [1.82, 2.24) is 25.6 Å². The third kappa shape index (κ3) is 5.46. The Balaban J connectivity index is 1.90. The van der Waals surface area contributed by atoms with Gasteiger partial charge in [-0.1, -0.05) is 17.3 Å². The van der Waals surface area contributed by atoms with Gasteiger partial charge in [0, 0.05) is 18.7 Å². The molecule has 0 saturated heterocycles. The predicted octanol–water partition coefficient (Wildman–Crippen LogP) is 1.63. The Morgan fingerprint density at radius 2 is 1.87 bits per heavy atom. The Morgan fingerprint density at radius 3 is 2.55 bits per heavy atom. The summed E-state index contributed by atoms with van der Waals surface area (Å²) in [5, 5.41) is 22.5. The summed E-state index contributed by atoms with van der Waals surface area (Å²) >= 11 is 0. The molecule has 9 heteroatoms. The van der Waals surface area contributed by atoms with E-state index < -0.39 is 5.91 Å². The standard InChI is InChI=1S/C22H25N5O4/c1-3-23-21(29)16-7-9-17(10-8-16)27-19(14-31-18-6-4-5-15(2)13-18)20(25-26-27)22(30)24-11-12-28/h4-10,13,28H,3,11-12,14H2,1-2H3,(H,23,29)(H,24,30). The van der Waals surface area contributed by atoms with Gasteiger partial charge >= 0.3 is 0 Å². The second kappa shape index (κ2) is 10.4. The number of nitrogens with one attached hydrogen (secondary N) is 2. The minimum atomic E-state index is -0.456. The second-order valence-corrected chi connectivity index (χ2v) is 6.79. The predicted molar refractivity (Wildman–Crippen MR) is 114 cm³/mol. The molecular formula is C22H25N5O4. The summed E-state index contributed by atoms with van der Waals surface area (Å²) in [5.41, 5.74) is 2.75. The van der Waals surface area contributed by atoms with Gasteiger partial charge in [-0.25, -0.2) is 4.68 Å². The quantitative estimate of drug-likeness (QED) is 0.481. The molecule has 9 nitrogen and oxygen atoms in total. The molecule has 1 heterocycles. The fraction of sp³-hybridized carbons (Fsp3) is 0.273. The largest absolute Gasteiger partial charge is 0.487 e. The van der Waals surface area contributed by atoms with Gasteiger partial charge in [0.05, 0.1) is 12.3 Å². The average molecular weight is 423 g/mol. The molecule has 0 radical (unpaired) electrons. The van der Waals surface area contributed by atoms with Crippen LogP contribution in [0.3, 0.4) is 0 Å². The summed E-state index contributed by atoms with van der Waals surface area (Å²) < 4.78 is 7.39. The third-order valence-corrected chi connectivity index (χ3v) is 4.45. The van der Waals surface area contributed by atoms with E-state index in [4.69, 9.17) is 9.84 Å². The molecule has 3 N–H and O–H groups in total. The van der Waals surface area contributed by atoms with E-state index >= 15 is 0 Å².